The Bertz CT molecular complexity index is 630. The van der Waals surface area contributed by atoms with Crippen LogP contribution >= 0.6 is 11.8 Å². The molecule has 0 bridgehead atoms. The summed E-state index contributed by atoms with van der Waals surface area (Å²) in [4.78, 5) is 28.1. The molecule has 1 aromatic rings. The minimum atomic E-state index is -0.420. The quantitative estimate of drug-likeness (QED) is 0.893. The molecule has 1 aliphatic heterocycles. The van der Waals surface area contributed by atoms with Gasteiger partial charge in [0, 0.05) is 23.6 Å². The third-order valence-corrected chi connectivity index (χ3v) is 5.74. The highest BCUT2D eigenvalue weighted by Crippen LogP contribution is 2.49. The monoisotopic (exact) mass is 317 g/mol. The lowest BCUT2D eigenvalue weighted by molar-refractivity contribution is -0.115. The molecule has 3 N–H and O–H groups in total. The SMILES string of the molecule is CC1CCC2C(C(N)=O)=C(NC(=O)c3cccnc3)SC2C1. The molecule has 1 aliphatic carbocycles. The zero-order valence-electron chi connectivity index (χ0n) is 12.4. The zero-order chi connectivity index (χ0) is 15.7. The summed E-state index contributed by atoms with van der Waals surface area (Å²) in [5, 5.41) is 3.83. The molecule has 1 aromatic heterocycles. The van der Waals surface area contributed by atoms with Gasteiger partial charge in [0.2, 0.25) is 5.91 Å². The van der Waals surface area contributed by atoms with Crippen molar-refractivity contribution in [2.24, 2.45) is 17.6 Å². The number of primary amides is 1. The van der Waals surface area contributed by atoms with Crippen LogP contribution in [0.25, 0.3) is 0 Å². The largest absolute Gasteiger partial charge is 0.366 e. The maximum Gasteiger partial charge on any atom is 0.257 e. The molecule has 3 unspecified atom stereocenters. The van der Waals surface area contributed by atoms with Crippen LogP contribution in [0, 0.1) is 11.8 Å². The number of carbonyl (C=O) groups excluding carboxylic acids is 2. The van der Waals surface area contributed by atoms with Crippen LogP contribution in [0.15, 0.2) is 35.1 Å². The summed E-state index contributed by atoms with van der Waals surface area (Å²) in [5.41, 5.74) is 6.64. The van der Waals surface area contributed by atoms with Gasteiger partial charge in [-0.2, -0.15) is 0 Å². The minimum absolute atomic E-state index is 0.169. The van der Waals surface area contributed by atoms with Crippen molar-refractivity contribution in [2.75, 3.05) is 0 Å². The van der Waals surface area contributed by atoms with Crippen LogP contribution in [-0.2, 0) is 4.79 Å². The first-order valence-electron chi connectivity index (χ1n) is 7.48. The van der Waals surface area contributed by atoms with E-state index in [-0.39, 0.29) is 11.8 Å². The van der Waals surface area contributed by atoms with E-state index in [1.165, 1.54) is 6.20 Å². The van der Waals surface area contributed by atoms with Crippen molar-refractivity contribution in [1.82, 2.24) is 10.3 Å². The van der Waals surface area contributed by atoms with E-state index in [2.05, 4.69) is 17.2 Å². The molecule has 0 saturated heterocycles. The molecular weight excluding hydrogens is 298 g/mol. The van der Waals surface area contributed by atoms with Gasteiger partial charge in [-0.15, -0.1) is 11.8 Å². The lowest BCUT2D eigenvalue weighted by atomic mass is 9.79. The molecule has 2 amide bonds. The summed E-state index contributed by atoms with van der Waals surface area (Å²) in [7, 11) is 0. The van der Waals surface area contributed by atoms with Crippen molar-refractivity contribution in [3.8, 4) is 0 Å². The van der Waals surface area contributed by atoms with E-state index in [0.717, 1.165) is 19.3 Å². The van der Waals surface area contributed by atoms with Crippen molar-refractivity contribution in [1.29, 1.82) is 0 Å². The second-order valence-corrected chi connectivity index (χ2v) is 7.23. The van der Waals surface area contributed by atoms with E-state index >= 15 is 0 Å². The molecule has 0 radical (unpaired) electrons. The van der Waals surface area contributed by atoms with Gasteiger partial charge in [-0.05, 0) is 30.9 Å². The lowest BCUT2D eigenvalue weighted by Crippen LogP contribution is -2.30. The molecule has 116 valence electrons. The number of amides is 2. The maximum absolute atomic E-state index is 12.3. The average molecular weight is 317 g/mol. The molecule has 2 aliphatic rings. The normalized spacial score (nSPS) is 27.4. The van der Waals surface area contributed by atoms with E-state index in [1.807, 2.05) is 0 Å². The number of fused-ring (bicyclic) bond motifs is 1. The summed E-state index contributed by atoms with van der Waals surface area (Å²) in [6.07, 6.45) is 6.24. The molecule has 22 heavy (non-hydrogen) atoms. The van der Waals surface area contributed by atoms with Gasteiger partial charge < -0.3 is 11.1 Å². The lowest BCUT2D eigenvalue weighted by Gasteiger charge is -2.29. The van der Waals surface area contributed by atoms with E-state index in [1.54, 1.807) is 30.1 Å². The molecule has 1 saturated carbocycles. The number of thioether (sulfide) groups is 1. The van der Waals surface area contributed by atoms with Gasteiger partial charge in [-0.25, -0.2) is 0 Å². The van der Waals surface area contributed by atoms with Crippen LogP contribution in [0.5, 0.6) is 0 Å². The second kappa shape index (κ2) is 6.12. The fourth-order valence-electron chi connectivity index (χ4n) is 3.24. The van der Waals surface area contributed by atoms with Crippen molar-refractivity contribution < 1.29 is 9.59 Å². The highest BCUT2D eigenvalue weighted by atomic mass is 32.2. The molecular formula is C16H19N3O2S. The van der Waals surface area contributed by atoms with Gasteiger partial charge in [0.05, 0.1) is 16.2 Å². The average Bonchev–Trinajstić information content (AvgIpc) is 2.85. The molecule has 0 aromatic carbocycles. The maximum atomic E-state index is 12.3. The predicted octanol–water partition coefficient (Wildman–Crippen LogP) is 2.06. The molecule has 2 heterocycles. The van der Waals surface area contributed by atoms with E-state index in [0.29, 0.717) is 27.3 Å². The third kappa shape index (κ3) is 2.88. The molecule has 6 heteroatoms. The Kier molecular flexibility index (Phi) is 4.20. The minimum Gasteiger partial charge on any atom is -0.366 e. The topological polar surface area (TPSA) is 85.1 Å². The molecule has 3 atom stereocenters. The number of aromatic nitrogens is 1. The van der Waals surface area contributed by atoms with Gasteiger partial charge in [0.15, 0.2) is 0 Å². The number of pyridine rings is 1. The highest BCUT2D eigenvalue weighted by molar-refractivity contribution is 8.04. The van der Waals surface area contributed by atoms with E-state index in [4.69, 9.17) is 5.73 Å². The Morgan fingerprint density at radius 3 is 2.91 bits per heavy atom. The Morgan fingerprint density at radius 2 is 2.23 bits per heavy atom. The number of hydrogen-bond acceptors (Lipinski definition) is 4. The van der Waals surface area contributed by atoms with Crippen LogP contribution in [0.3, 0.4) is 0 Å². The Labute approximate surface area is 133 Å². The summed E-state index contributed by atoms with van der Waals surface area (Å²) in [5.74, 6) is 0.149. The van der Waals surface area contributed by atoms with Crippen LogP contribution in [0.1, 0.15) is 36.5 Å². The number of nitrogens with one attached hydrogen (secondary N) is 1. The number of hydrogen-bond donors (Lipinski definition) is 2. The fraction of sp³-hybridized carbons (Fsp3) is 0.438. The van der Waals surface area contributed by atoms with Crippen molar-refractivity contribution in [2.45, 2.75) is 31.4 Å². The van der Waals surface area contributed by atoms with Crippen molar-refractivity contribution in [3.63, 3.8) is 0 Å². The first-order valence-corrected chi connectivity index (χ1v) is 8.36. The number of nitrogens with two attached hydrogens (primary N) is 1. The van der Waals surface area contributed by atoms with Gasteiger partial charge >= 0.3 is 0 Å². The molecule has 3 rings (SSSR count). The Hall–Kier alpha value is -1.82. The molecule has 0 spiro atoms. The molecule has 1 fully saturated rings. The van der Waals surface area contributed by atoms with Crippen LogP contribution in [-0.4, -0.2) is 22.0 Å². The first-order chi connectivity index (χ1) is 10.6. The summed E-state index contributed by atoms with van der Waals surface area (Å²) >= 11 is 1.58. The van der Waals surface area contributed by atoms with Crippen molar-refractivity contribution in [3.05, 3.63) is 40.7 Å². The van der Waals surface area contributed by atoms with Crippen molar-refractivity contribution >= 4 is 23.6 Å². The second-order valence-electron chi connectivity index (χ2n) is 5.98. The van der Waals surface area contributed by atoms with Crippen LogP contribution in [0.4, 0.5) is 0 Å². The third-order valence-electron chi connectivity index (χ3n) is 4.35. The fourth-order valence-corrected chi connectivity index (χ4v) is 4.93. The predicted molar refractivity (Wildman–Crippen MR) is 85.8 cm³/mol. The van der Waals surface area contributed by atoms with Crippen LogP contribution in [0.2, 0.25) is 0 Å². The van der Waals surface area contributed by atoms with E-state index in [9.17, 15) is 9.59 Å². The number of rotatable bonds is 3. The van der Waals surface area contributed by atoms with Gasteiger partial charge in [0.25, 0.3) is 5.91 Å². The summed E-state index contributed by atoms with van der Waals surface area (Å²) in [6, 6.07) is 3.41. The van der Waals surface area contributed by atoms with E-state index < -0.39 is 5.91 Å². The van der Waals surface area contributed by atoms with Crippen LogP contribution < -0.4 is 11.1 Å². The van der Waals surface area contributed by atoms with Gasteiger partial charge in [0.1, 0.15) is 0 Å². The number of carbonyl (C=O) groups is 2. The Morgan fingerprint density at radius 1 is 1.41 bits per heavy atom. The smallest absolute Gasteiger partial charge is 0.257 e. The first kappa shape index (κ1) is 15.1. The zero-order valence-corrected chi connectivity index (χ0v) is 13.2. The number of nitrogens with zero attached hydrogens (tertiary/aromatic N) is 1. The molecule has 5 nitrogen and oxygen atoms in total. The van der Waals surface area contributed by atoms with Gasteiger partial charge in [-0.3, -0.25) is 14.6 Å². The Balaban J connectivity index is 1.83. The summed E-state index contributed by atoms with van der Waals surface area (Å²) < 4.78 is 0. The van der Waals surface area contributed by atoms with Gasteiger partial charge in [-0.1, -0.05) is 13.3 Å². The highest BCUT2D eigenvalue weighted by Gasteiger charge is 2.41. The summed E-state index contributed by atoms with van der Waals surface area (Å²) in [6.45, 7) is 2.23. The standard InChI is InChI=1S/C16H19N3O2S/c1-9-4-5-11-12(7-9)22-16(13(11)14(17)20)19-15(21)10-3-2-6-18-8-10/h2-3,6,8-9,11-12H,4-5,7H2,1H3,(H2,17,20)(H,19,21).